The van der Waals surface area contributed by atoms with E-state index < -0.39 is 0 Å². The van der Waals surface area contributed by atoms with Gasteiger partial charge in [-0.3, -0.25) is 0 Å². The maximum Gasteiger partial charge on any atom is 0.137 e. The highest BCUT2D eigenvalue weighted by molar-refractivity contribution is 6.30. The molecule has 0 N–H and O–H groups in total. The van der Waals surface area contributed by atoms with Gasteiger partial charge >= 0.3 is 0 Å². The van der Waals surface area contributed by atoms with Crippen molar-refractivity contribution >= 4 is 17.4 Å². The third kappa shape index (κ3) is 3.67. The first-order chi connectivity index (χ1) is 9.70. The zero-order chi connectivity index (χ0) is 15.8. The maximum atomic E-state index is 6.37. The zero-order valence-electron chi connectivity index (χ0n) is 14.1. The quantitative estimate of drug-likeness (QED) is 0.802. The first-order valence-corrected chi connectivity index (χ1v) is 8.04. The minimum atomic E-state index is -0.0944. The largest absolute Gasteiger partial charge is 0.352 e. The Morgan fingerprint density at radius 1 is 1.29 bits per heavy atom. The fourth-order valence-corrected chi connectivity index (χ4v) is 2.98. The van der Waals surface area contributed by atoms with Crippen molar-refractivity contribution in [3.63, 3.8) is 0 Å². The number of hydrogen-bond donors (Lipinski definition) is 0. The lowest BCUT2D eigenvalue weighted by Gasteiger charge is -2.30. The van der Waals surface area contributed by atoms with E-state index in [-0.39, 0.29) is 5.41 Å². The third-order valence-corrected chi connectivity index (χ3v) is 4.32. The molecule has 0 amide bonds. The van der Waals surface area contributed by atoms with Gasteiger partial charge in [-0.1, -0.05) is 32.4 Å². The summed E-state index contributed by atoms with van der Waals surface area (Å²) >= 11 is 6.37. The first-order valence-electron chi connectivity index (χ1n) is 7.66. The minimum Gasteiger partial charge on any atom is -0.352 e. The number of aromatic nitrogens is 2. The summed E-state index contributed by atoms with van der Waals surface area (Å²) in [5, 5.41) is 0.584. The highest BCUT2D eigenvalue weighted by Gasteiger charge is 2.30. The van der Waals surface area contributed by atoms with Gasteiger partial charge in [0.05, 0.1) is 0 Å². The summed E-state index contributed by atoms with van der Waals surface area (Å²) in [5.41, 5.74) is 0.901. The van der Waals surface area contributed by atoms with E-state index >= 15 is 0 Å². The molecule has 2 heterocycles. The Labute approximate surface area is 133 Å². The predicted molar refractivity (Wildman–Crippen MR) is 89.4 cm³/mol. The van der Waals surface area contributed by atoms with E-state index in [0.717, 1.165) is 30.3 Å². The van der Waals surface area contributed by atoms with Crippen LogP contribution in [-0.4, -0.2) is 48.1 Å². The summed E-state index contributed by atoms with van der Waals surface area (Å²) in [7, 11) is 4.24. The van der Waals surface area contributed by atoms with Gasteiger partial charge in [0.25, 0.3) is 0 Å². The van der Waals surface area contributed by atoms with Crippen LogP contribution in [0.25, 0.3) is 0 Å². The molecule has 1 aromatic rings. The van der Waals surface area contributed by atoms with Crippen molar-refractivity contribution < 1.29 is 0 Å². The predicted octanol–water partition coefficient (Wildman–Crippen LogP) is 3.27. The molecule has 1 saturated heterocycles. The van der Waals surface area contributed by atoms with Crippen LogP contribution in [0.4, 0.5) is 5.82 Å². The molecular formula is C16H27ClN4. The van der Waals surface area contributed by atoms with Crippen molar-refractivity contribution in [3.05, 3.63) is 16.5 Å². The molecule has 1 atom stereocenters. The lowest BCUT2D eigenvalue weighted by Crippen LogP contribution is -2.38. The van der Waals surface area contributed by atoms with E-state index in [0.29, 0.717) is 11.2 Å². The number of rotatable bonds is 3. The Hall–Kier alpha value is -0.870. The molecule has 1 aliphatic rings. The third-order valence-electron chi connectivity index (χ3n) is 3.96. The van der Waals surface area contributed by atoms with Crippen LogP contribution in [0.15, 0.2) is 0 Å². The van der Waals surface area contributed by atoms with E-state index in [1.54, 1.807) is 0 Å². The highest BCUT2D eigenvalue weighted by Crippen LogP contribution is 2.32. The van der Waals surface area contributed by atoms with Crippen LogP contribution in [0.2, 0.25) is 5.15 Å². The van der Waals surface area contributed by atoms with Crippen molar-refractivity contribution in [2.24, 2.45) is 0 Å². The Bertz CT molecular complexity index is 508. The average molecular weight is 311 g/mol. The molecule has 0 bridgehead atoms. The maximum absolute atomic E-state index is 6.37. The van der Waals surface area contributed by atoms with Gasteiger partial charge in [0.1, 0.15) is 16.8 Å². The fraction of sp³-hybridized carbons (Fsp3) is 0.750. The van der Waals surface area contributed by atoms with E-state index in [2.05, 4.69) is 49.7 Å². The van der Waals surface area contributed by atoms with Gasteiger partial charge < -0.3 is 9.80 Å². The topological polar surface area (TPSA) is 32.3 Å². The lowest BCUT2D eigenvalue weighted by molar-refractivity contribution is 0.371. The Balaban J connectivity index is 2.40. The van der Waals surface area contributed by atoms with Crippen LogP contribution in [0, 0.1) is 6.92 Å². The number of anilines is 1. The molecule has 0 saturated carbocycles. The molecule has 1 unspecified atom stereocenters. The molecule has 1 aromatic heterocycles. The molecule has 0 aromatic carbocycles. The van der Waals surface area contributed by atoms with E-state index in [1.807, 2.05) is 6.92 Å². The molecule has 0 aliphatic carbocycles. The summed E-state index contributed by atoms with van der Waals surface area (Å²) in [5.74, 6) is 1.84. The summed E-state index contributed by atoms with van der Waals surface area (Å²) in [6, 6.07) is 0.512. The normalized spacial score (nSPS) is 19.6. The van der Waals surface area contributed by atoms with Gasteiger partial charge in [-0.25, -0.2) is 9.97 Å². The molecular weight excluding hydrogens is 284 g/mol. The van der Waals surface area contributed by atoms with Gasteiger partial charge in [0.2, 0.25) is 0 Å². The molecule has 1 fully saturated rings. The van der Waals surface area contributed by atoms with E-state index in [9.17, 15) is 0 Å². The molecule has 2 rings (SSSR count). The van der Waals surface area contributed by atoms with Crippen LogP contribution < -0.4 is 4.90 Å². The fourth-order valence-electron chi connectivity index (χ4n) is 2.82. The number of nitrogens with zero attached hydrogens (tertiary/aromatic N) is 4. The second-order valence-electron chi connectivity index (χ2n) is 7.29. The molecule has 0 radical (unpaired) electrons. The van der Waals surface area contributed by atoms with Gasteiger partial charge in [-0.2, -0.15) is 0 Å². The standard InChI is InChI=1S/C16H27ClN4/c1-11-13(17)18-15(16(2,3)4)19-14(11)21-9-7-8-12(21)10-20(5)6/h12H,7-10H2,1-6H3. The van der Waals surface area contributed by atoms with Crippen LogP contribution >= 0.6 is 11.6 Å². The monoisotopic (exact) mass is 310 g/mol. The van der Waals surface area contributed by atoms with Gasteiger partial charge in [0.15, 0.2) is 0 Å². The van der Waals surface area contributed by atoms with E-state index in [1.165, 1.54) is 12.8 Å². The average Bonchev–Trinajstić information content (AvgIpc) is 2.78. The minimum absolute atomic E-state index is 0.0944. The van der Waals surface area contributed by atoms with Crippen LogP contribution in [-0.2, 0) is 5.41 Å². The van der Waals surface area contributed by atoms with Crippen LogP contribution in [0.5, 0.6) is 0 Å². The van der Waals surface area contributed by atoms with Crippen molar-refractivity contribution in [2.75, 3.05) is 32.1 Å². The second-order valence-corrected chi connectivity index (χ2v) is 7.65. The molecule has 118 valence electrons. The SMILES string of the molecule is Cc1c(Cl)nc(C(C)(C)C)nc1N1CCCC1CN(C)C. The smallest absolute Gasteiger partial charge is 0.137 e. The molecule has 21 heavy (non-hydrogen) atoms. The second kappa shape index (κ2) is 6.09. The van der Waals surface area contributed by atoms with Crippen molar-refractivity contribution in [1.82, 2.24) is 14.9 Å². The summed E-state index contributed by atoms with van der Waals surface area (Å²) in [6.45, 7) is 10.5. The summed E-state index contributed by atoms with van der Waals surface area (Å²) < 4.78 is 0. The Morgan fingerprint density at radius 3 is 2.52 bits per heavy atom. The summed E-state index contributed by atoms with van der Waals surface area (Å²) in [4.78, 5) is 14.0. The molecule has 4 nitrogen and oxygen atoms in total. The zero-order valence-corrected chi connectivity index (χ0v) is 14.8. The Kier molecular flexibility index (Phi) is 4.79. The Morgan fingerprint density at radius 2 is 1.95 bits per heavy atom. The first kappa shape index (κ1) is 16.5. The molecule has 1 aliphatic heterocycles. The number of likely N-dealkylation sites (N-methyl/N-ethyl adjacent to an activating group) is 1. The highest BCUT2D eigenvalue weighted by atomic mass is 35.5. The van der Waals surface area contributed by atoms with Crippen LogP contribution in [0.1, 0.15) is 45.0 Å². The van der Waals surface area contributed by atoms with Crippen molar-refractivity contribution in [2.45, 2.75) is 52.0 Å². The van der Waals surface area contributed by atoms with Gasteiger partial charge in [-0.05, 0) is 33.9 Å². The molecule has 5 heteroatoms. The summed E-state index contributed by atoms with van der Waals surface area (Å²) in [6.07, 6.45) is 2.43. The lowest BCUT2D eigenvalue weighted by atomic mass is 9.95. The molecule has 0 spiro atoms. The number of halogens is 1. The van der Waals surface area contributed by atoms with E-state index in [4.69, 9.17) is 16.6 Å². The van der Waals surface area contributed by atoms with Crippen LogP contribution in [0.3, 0.4) is 0 Å². The number of hydrogen-bond acceptors (Lipinski definition) is 4. The van der Waals surface area contributed by atoms with Gasteiger partial charge in [0, 0.05) is 30.1 Å². The van der Waals surface area contributed by atoms with Gasteiger partial charge in [-0.15, -0.1) is 0 Å². The van der Waals surface area contributed by atoms with Crippen molar-refractivity contribution in [3.8, 4) is 0 Å². The van der Waals surface area contributed by atoms with Crippen molar-refractivity contribution in [1.29, 1.82) is 0 Å².